The molecule has 1 aliphatic heterocycles. The van der Waals surface area contributed by atoms with Crippen molar-refractivity contribution in [2.75, 3.05) is 7.11 Å². The highest BCUT2D eigenvalue weighted by molar-refractivity contribution is 5.91. The molecule has 1 aromatic carbocycles. The number of hydrogen-bond acceptors (Lipinski definition) is 2. The average molecular weight is 238 g/mol. The summed E-state index contributed by atoms with van der Waals surface area (Å²) in [5.41, 5.74) is 4.73. The number of pyridine rings is 1. The molecule has 1 aliphatic rings. The molecule has 3 aromatic rings. The Labute approximate surface area is 104 Å². The molecule has 0 radical (unpaired) electrons. The van der Waals surface area contributed by atoms with E-state index < -0.39 is 0 Å². The summed E-state index contributed by atoms with van der Waals surface area (Å²) in [5.74, 6) is 0.908. The molecule has 3 heterocycles. The van der Waals surface area contributed by atoms with Crippen molar-refractivity contribution in [3.63, 3.8) is 0 Å². The molecular weight excluding hydrogens is 226 g/mol. The van der Waals surface area contributed by atoms with Crippen molar-refractivity contribution in [1.82, 2.24) is 0 Å². The van der Waals surface area contributed by atoms with Crippen LogP contribution in [0.2, 0.25) is 0 Å². The number of furan rings is 1. The van der Waals surface area contributed by atoms with E-state index in [0.717, 1.165) is 17.9 Å². The van der Waals surface area contributed by atoms with Gasteiger partial charge in [0.2, 0.25) is 5.69 Å². The van der Waals surface area contributed by atoms with Gasteiger partial charge in [0.25, 0.3) is 0 Å². The van der Waals surface area contributed by atoms with Crippen molar-refractivity contribution >= 4 is 11.0 Å². The summed E-state index contributed by atoms with van der Waals surface area (Å²) < 4.78 is 13.0. The van der Waals surface area contributed by atoms with Crippen LogP contribution >= 0.6 is 0 Å². The number of fused-ring (bicyclic) bond motifs is 5. The fourth-order valence-corrected chi connectivity index (χ4v) is 2.71. The van der Waals surface area contributed by atoms with E-state index in [1.807, 2.05) is 18.2 Å². The standard InChI is InChI=1S/C15H12NO2/c1-17-11-2-3-12-10(8-11)9-16-6-4-14-13(15(12)16)5-7-18-14/h2-8H,9H2,1H3/q+1. The molecule has 0 saturated carbocycles. The molecule has 0 saturated heterocycles. The first-order chi connectivity index (χ1) is 8.86. The van der Waals surface area contributed by atoms with Gasteiger partial charge >= 0.3 is 0 Å². The predicted octanol–water partition coefficient (Wildman–Crippen LogP) is 2.76. The molecule has 0 atom stereocenters. The number of methoxy groups -OCH3 is 1. The van der Waals surface area contributed by atoms with Gasteiger partial charge in [-0.1, -0.05) is 0 Å². The zero-order valence-electron chi connectivity index (χ0n) is 10.0. The lowest BCUT2D eigenvalue weighted by Crippen LogP contribution is -2.31. The smallest absolute Gasteiger partial charge is 0.224 e. The lowest BCUT2D eigenvalue weighted by molar-refractivity contribution is -0.671. The van der Waals surface area contributed by atoms with Gasteiger partial charge in [0.05, 0.1) is 24.3 Å². The molecule has 3 heteroatoms. The lowest BCUT2D eigenvalue weighted by Gasteiger charge is -2.00. The first-order valence-electron chi connectivity index (χ1n) is 5.94. The van der Waals surface area contributed by atoms with E-state index >= 15 is 0 Å². The molecule has 0 N–H and O–H groups in total. The molecule has 4 rings (SSSR count). The van der Waals surface area contributed by atoms with Gasteiger partial charge in [-0.25, -0.2) is 0 Å². The van der Waals surface area contributed by atoms with Gasteiger partial charge in [0.15, 0.2) is 12.7 Å². The van der Waals surface area contributed by atoms with E-state index in [1.54, 1.807) is 13.4 Å². The number of benzene rings is 1. The maximum absolute atomic E-state index is 5.47. The summed E-state index contributed by atoms with van der Waals surface area (Å²) in [6.45, 7) is 0.892. The highest BCUT2D eigenvalue weighted by atomic mass is 16.5. The topological polar surface area (TPSA) is 26.2 Å². The summed E-state index contributed by atoms with van der Waals surface area (Å²) in [6.07, 6.45) is 3.82. The summed E-state index contributed by atoms with van der Waals surface area (Å²) in [7, 11) is 1.70. The van der Waals surface area contributed by atoms with Crippen LogP contribution in [0.3, 0.4) is 0 Å². The highest BCUT2D eigenvalue weighted by Gasteiger charge is 2.29. The molecule has 0 bridgehead atoms. The summed E-state index contributed by atoms with van der Waals surface area (Å²) in [5, 5.41) is 1.17. The van der Waals surface area contributed by atoms with Gasteiger partial charge in [-0.05, 0) is 24.3 Å². The fourth-order valence-electron chi connectivity index (χ4n) is 2.71. The van der Waals surface area contributed by atoms with Crippen molar-refractivity contribution < 1.29 is 13.7 Å². The second-order valence-electron chi connectivity index (χ2n) is 4.51. The van der Waals surface area contributed by atoms with Crippen molar-refractivity contribution in [3.8, 4) is 17.0 Å². The van der Waals surface area contributed by atoms with Crippen LogP contribution in [0.15, 0.2) is 47.2 Å². The predicted molar refractivity (Wildman–Crippen MR) is 67.5 cm³/mol. The van der Waals surface area contributed by atoms with Crippen molar-refractivity contribution in [2.45, 2.75) is 6.54 Å². The van der Waals surface area contributed by atoms with Gasteiger partial charge in [-0.15, -0.1) is 0 Å². The molecule has 3 nitrogen and oxygen atoms in total. The molecule has 0 fully saturated rings. The minimum absolute atomic E-state index is 0.892. The molecule has 88 valence electrons. The van der Waals surface area contributed by atoms with Gasteiger partial charge in [0.1, 0.15) is 11.3 Å². The summed E-state index contributed by atoms with van der Waals surface area (Å²) >= 11 is 0. The van der Waals surface area contributed by atoms with Crippen LogP contribution in [-0.4, -0.2) is 7.11 Å². The Kier molecular flexibility index (Phi) is 1.81. The highest BCUT2D eigenvalue weighted by Crippen LogP contribution is 2.34. The van der Waals surface area contributed by atoms with E-state index in [1.165, 1.54) is 22.2 Å². The van der Waals surface area contributed by atoms with E-state index in [2.05, 4.69) is 22.9 Å². The van der Waals surface area contributed by atoms with Crippen LogP contribution in [0.25, 0.3) is 22.2 Å². The second kappa shape index (κ2) is 3.35. The Morgan fingerprint density at radius 3 is 3.06 bits per heavy atom. The van der Waals surface area contributed by atoms with Crippen molar-refractivity contribution in [2.24, 2.45) is 0 Å². The van der Waals surface area contributed by atoms with Crippen molar-refractivity contribution in [1.29, 1.82) is 0 Å². The summed E-state index contributed by atoms with van der Waals surface area (Å²) in [4.78, 5) is 0. The molecule has 0 spiro atoms. The number of aromatic nitrogens is 1. The Bertz CT molecular complexity index is 758. The Hall–Kier alpha value is -2.29. The molecule has 0 unspecified atom stereocenters. The van der Waals surface area contributed by atoms with E-state index in [-0.39, 0.29) is 0 Å². The molecule has 2 aromatic heterocycles. The van der Waals surface area contributed by atoms with Gasteiger partial charge < -0.3 is 9.15 Å². The molecule has 0 amide bonds. The largest absolute Gasteiger partial charge is 0.497 e. The first-order valence-corrected chi connectivity index (χ1v) is 5.94. The van der Waals surface area contributed by atoms with E-state index in [9.17, 15) is 0 Å². The minimum Gasteiger partial charge on any atom is -0.497 e. The zero-order chi connectivity index (χ0) is 12.1. The molecular formula is C15H12NO2+. The number of rotatable bonds is 1. The lowest BCUT2D eigenvalue weighted by atomic mass is 10.1. The second-order valence-corrected chi connectivity index (χ2v) is 4.51. The van der Waals surface area contributed by atoms with Crippen LogP contribution in [0.4, 0.5) is 0 Å². The third kappa shape index (κ3) is 1.16. The Morgan fingerprint density at radius 1 is 1.22 bits per heavy atom. The molecule has 18 heavy (non-hydrogen) atoms. The van der Waals surface area contributed by atoms with Gasteiger partial charge in [0, 0.05) is 11.6 Å². The molecule has 0 aliphatic carbocycles. The number of hydrogen-bond donors (Lipinski definition) is 0. The first kappa shape index (κ1) is 9.71. The van der Waals surface area contributed by atoms with E-state index in [4.69, 9.17) is 9.15 Å². The number of ether oxygens (including phenoxy) is 1. The van der Waals surface area contributed by atoms with Gasteiger partial charge in [-0.2, -0.15) is 4.57 Å². The SMILES string of the molecule is COc1ccc2c(c1)C[n+]1ccc3occc3c1-2. The Balaban J connectivity index is 2.04. The monoisotopic (exact) mass is 238 g/mol. The van der Waals surface area contributed by atoms with Crippen LogP contribution < -0.4 is 9.30 Å². The third-order valence-corrected chi connectivity index (χ3v) is 3.55. The maximum atomic E-state index is 5.47. The third-order valence-electron chi connectivity index (χ3n) is 3.55. The van der Waals surface area contributed by atoms with Crippen LogP contribution in [0.1, 0.15) is 5.56 Å². The maximum Gasteiger partial charge on any atom is 0.224 e. The zero-order valence-corrected chi connectivity index (χ0v) is 10.0. The fraction of sp³-hybridized carbons (Fsp3) is 0.133. The Morgan fingerprint density at radius 2 is 2.17 bits per heavy atom. The number of nitrogens with zero attached hydrogens (tertiary/aromatic N) is 1. The normalized spacial score (nSPS) is 12.5. The van der Waals surface area contributed by atoms with E-state index in [0.29, 0.717) is 0 Å². The van der Waals surface area contributed by atoms with Crippen LogP contribution in [0.5, 0.6) is 5.75 Å². The van der Waals surface area contributed by atoms with Crippen LogP contribution in [0, 0.1) is 0 Å². The van der Waals surface area contributed by atoms with Crippen LogP contribution in [-0.2, 0) is 6.54 Å². The van der Waals surface area contributed by atoms with Crippen molar-refractivity contribution in [3.05, 3.63) is 48.4 Å². The minimum atomic E-state index is 0.892. The quantitative estimate of drug-likeness (QED) is 0.477. The van der Waals surface area contributed by atoms with Gasteiger partial charge in [-0.3, -0.25) is 0 Å². The summed E-state index contributed by atoms with van der Waals surface area (Å²) in [6, 6.07) is 10.3. The average Bonchev–Trinajstić information content (AvgIpc) is 3.00.